The molecule has 0 fully saturated rings. The van der Waals surface area contributed by atoms with Gasteiger partial charge in [-0.15, -0.1) is 12.4 Å². The summed E-state index contributed by atoms with van der Waals surface area (Å²) < 4.78 is 7.36. The summed E-state index contributed by atoms with van der Waals surface area (Å²) in [5.74, 6) is 0.447. The SMILES string of the molecule is COc1ccccc1-c1ncc2n1CC(C(=O)O)CC2.Cl. The number of benzene rings is 1. The van der Waals surface area contributed by atoms with E-state index in [4.69, 9.17) is 4.74 Å². The zero-order valence-corrected chi connectivity index (χ0v) is 12.5. The Hall–Kier alpha value is -2.01. The summed E-state index contributed by atoms with van der Waals surface area (Å²) in [4.78, 5) is 15.7. The maximum Gasteiger partial charge on any atom is 0.308 e. The Balaban J connectivity index is 0.00000161. The predicted molar refractivity (Wildman–Crippen MR) is 80.9 cm³/mol. The molecule has 0 aliphatic carbocycles. The lowest BCUT2D eigenvalue weighted by molar-refractivity contribution is -0.142. The van der Waals surface area contributed by atoms with Gasteiger partial charge in [0.1, 0.15) is 11.6 Å². The molecule has 5 nitrogen and oxygen atoms in total. The molecular weight excluding hydrogens is 292 g/mol. The van der Waals surface area contributed by atoms with E-state index in [1.165, 1.54) is 0 Å². The van der Waals surface area contributed by atoms with Crippen molar-refractivity contribution in [1.29, 1.82) is 0 Å². The first-order chi connectivity index (χ1) is 9.70. The Morgan fingerprint density at radius 2 is 2.19 bits per heavy atom. The summed E-state index contributed by atoms with van der Waals surface area (Å²) in [5.41, 5.74) is 1.98. The average molecular weight is 309 g/mol. The molecule has 6 heteroatoms. The molecule has 3 rings (SSSR count). The number of fused-ring (bicyclic) bond motifs is 1. The summed E-state index contributed by atoms with van der Waals surface area (Å²) in [5, 5.41) is 9.21. The van der Waals surface area contributed by atoms with E-state index >= 15 is 0 Å². The number of aromatic nitrogens is 2. The molecule has 0 amide bonds. The van der Waals surface area contributed by atoms with Crippen LogP contribution in [0.5, 0.6) is 5.75 Å². The van der Waals surface area contributed by atoms with Crippen LogP contribution in [0.1, 0.15) is 12.1 Å². The van der Waals surface area contributed by atoms with Crippen LogP contribution >= 0.6 is 12.4 Å². The summed E-state index contributed by atoms with van der Waals surface area (Å²) in [6.07, 6.45) is 3.26. The van der Waals surface area contributed by atoms with E-state index < -0.39 is 5.97 Å². The Morgan fingerprint density at radius 1 is 1.43 bits per heavy atom. The number of para-hydroxylation sites is 1. The van der Waals surface area contributed by atoms with Crippen LogP contribution in [0.2, 0.25) is 0 Å². The van der Waals surface area contributed by atoms with Gasteiger partial charge in [-0.05, 0) is 25.0 Å². The number of hydrogen-bond donors (Lipinski definition) is 1. The third kappa shape index (κ3) is 2.74. The van der Waals surface area contributed by atoms with E-state index in [-0.39, 0.29) is 18.3 Å². The lowest BCUT2D eigenvalue weighted by atomic mass is 9.98. The van der Waals surface area contributed by atoms with E-state index in [0.717, 1.165) is 29.3 Å². The fourth-order valence-corrected chi connectivity index (χ4v) is 2.69. The number of rotatable bonds is 3. The molecule has 0 saturated heterocycles. The lowest BCUT2D eigenvalue weighted by Gasteiger charge is -2.22. The van der Waals surface area contributed by atoms with Gasteiger partial charge in [0.2, 0.25) is 0 Å². The van der Waals surface area contributed by atoms with Crippen LogP contribution in [0.4, 0.5) is 0 Å². The standard InChI is InChI=1S/C15H16N2O3.ClH/c1-20-13-5-3-2-4-12(13)14-16-8-11-7-6-10(15(18)19)9-17(11)14;/h2-5,8,10H,6-7,9H2,1H3,(H,18,19);1H. The molecule has 1 aromatic heterocycles. The number of aliphatic carboxylic acids is 1. The number of carbonyl (C=O) groups is 1. The van der Waals surface area contributed by atoms with Crippen LogP contribution in [0, 0.1) is 5.92 Å². The van der Waals surface area contributed by atoms with Crippen molar-refractivity contribution in [1.82, 2.24) is 9.55 Å². The number of carboxylic acids is 1. The molecule has 1 aromatic carbocycles. The molecule has 1 aliphatic rings. The van der Waals surface area contributed by atoms with Gasteiger partial charge in [0.25, 0.3) is 0 Å². The second-order valence-corrected chi connectivity index (χ2v) is 4.96. The number of carboxylic acid groups (broad SMARTS) is 1. The maximum absolute atomic E-state index is 11.2. The highest BCUT2D eigenvalue weighted by Crippen LogP contribution is 2.32. The van der Waals surface area contributed by atoms with Crippen molar-refractivity contribution in [2.24, 2.45) is 5.92 Å². The minimum absolute atomic E-state index is 0. The number of hydrogen-bond acceptors (Lipinski definition) is 3. The zero-order valence-electron chi connectivity index (χ0n) is 11.7. The van der Waals surface area contributed by atoms with Crippen LogP contribution in [-0.2, 0) is 17.8 Å². The molecule has 21 heavy (non-hydrogen) atoms. The van der Waals surface area contributed by atoms with Crippen molar-refractivity contribution in [2.75, 3.05) is 7.11 Å². The molecule has 112 valence electrons. The highest BCUT2D eigenvalue weighted by atomic mass is 35.5. The molecule has 0 radical (unpaired) electrons. The highest BCUT2D eigenvalue weighted by Gasteiger charge is 2.27. The zero-order chi connectivity index (χ0) is 14.1. The largest absolute Gasteiger partial charge is 0.496 e. The fraction of sp³-hybridized carbons (Fsp3) is 0.333. The first kappa shape index (κ1) is 15.4. The van der Waals surface area contributed by atoms with Gasteiger partial charge in [0, 0.05) is 18.4 Å². The van der Waals surface area contributed by atoms with Gasteiger partial charge >= 0.3 is 5.97 Å². The van der Waals surface area contributed by atoms with Gasteiger partial charge in [-0.2, -0.15) is 0 Å². The number of aryl methyl sites for hydroxylation is 1. The topological polar surface area (TPSA) is 64.4 Å². The van der Waals surface area contributed by atoms with E-state index in [1.54, 1.807) is 7.11 Å². The average Bonchev–Trinajstić information content (AvgIpc) is 2.89. The Kier molecular flexibility index (Phi) is 4.53. The van der Waals surface area contributed by atoms with Gasteiger partial charge in [-0.25, -0.2) is 4.98 Å². The smallest absolute Gasteiger partial charge is 0.308 e. The van der Waals surface area contributed by atoms with E-state index in [1.807, 2.05) is 35.0 Å². The van der Waals surface area contributed by atoms with Gasteiger partial charge in [-0.3, -0.25) is 4.79 Å². The van der Waals surface area contributed by atoms with Gasteiger partial charge in [0.05, 0.1) is 18.6 Å². The van der Waals surface area contributed by atoms with E-state index in [0.29, 0.717) is 13.0 Å². The van der Waals surface area contributed by atoms with Crippen molar-refractivity contribution >= 4 is 18.4 Å². The highest BCUT2D eigenvalue weighted by molar-refractivity contribution is 5.85. The minimum atomic E-state index is -0.740. The Bertz CT molecular complexity index is 654. The third-order valence-electron chi connectivity index (χ3n) is 3.79. The monoisotopic (exact) mass is 308 g/mol. The molecule has 2 heterocycles. The van der Waals surface area contributed by atoms with Crippen molar-refractivity contribution in [2.45, 2.75) is 19.4 Å². The minimum Gasteiger partial charge on any atom is -0.496 e. The van der Waals surface area contributed by atoms with Crippen molar-refractivity contribution in [3.63, 3.8) is 0 Å². The maximum atomic E-state index is 11.2. The van der Waals surface area contributed by atoms with Crippen molar-refractivity contribution < 1.29 is 14.6 Å². The Labute approximate surface area is 129 Å². The fourth-order valence-electron chi connectivity index (χ4n) is 2.69. The third-order valence-corrected chi connectivity index (χ3v) is 3.79. The molecule has 1 atom stereocenters. The van der Waals surface area contributed by atoms with Crippen molar-refractivity contribution in [3.8, 4) is 17.1 Å². The summed E-state index contributed by atoms with van der Waals surface area (Å²) >= 11 is 0. The van der Waals surface area contributed by atoms with E-state index in [9.17, 15) is 9.90 Å². The van der Waals surface area contributed by atoms with Crippen LogP contribution in [0.3, 0.4) is 0 Å². The van der Waals surface area contributed by atoms with Gasteiger partial charge in [-0.1, -0.05) is 12.1 Å². The quantitative estimate of drug-likeness (QED) is 0.946. The van der Waals surface area contributed by atoms with Crippen LogP contribution in [0.15, 0.2) is 30.5 Å². The van der Waals surface area contributed by atoms with Crippen LogP contribution in [0.25, 0.3) is 11.4 Å². The predicted octanol–water partition coefficient (Wildman–Crippen LogP) is 2.63. The van der Waals surface area contributed by atoms with Crippen molar-refractivity contribution in [3.05, 3.63) is 36.2 Å². The lowest BCUT2D eigenvalue weighted by Crippen LogP contribution is -2.26. The number of methoxy groups -OCH3 is 1. The van der Waals surface area contributed by atoms with Gasteiger partial charge in [0.15, 0.2) is 0 Å². The first-order valence-corrected chi connectivity index (χ1v) is 6.61. The first-order valence-electron chi connectivity index (χ1n) is 6.61. The molecule has 1 N–H and O–H groups in total. The normalized spacial score (nSPS) is 16.7. The Morgan fingerprint density at radius 3 is 2.90 bits per heavy atom. The molecule has 1 unspecified atom stereocenters. The molecule has 1 aliphatic heterocycles. The summed E-state index contributed by atoms with van der Waals surface area (Å²) in [7, 11) is 1.62. The number of nitrogens with zero attached hydrogens (tertiary/aromatic N) is 2. The van der Waals surface area contributed by atoms with Crippen LogP contribution < -0.4 is 4.74 Å². The molecular formula is C15H17ClN2O3. The summed E-state index contributed by atoms with van der Waals surface area (Å²) in [6, 6.07) is 7.66. The molecule has 0 spiro atoms. The number of ether oxygens (including phenoxy) is 1. The second kappa shape index (κ2) is 6.18. The molecule has 0 bridgehead atoms. The second-order valence-electron chi connectivity index (χ2n) is 4.96. The summed E-state index contributed by atoms with van der Waals surface area (Å²) in [6.45, 7) is 0.470. The number of halogens is 1. The molecule has 0 saturated carbocycles. The van der Waals surface area contributed by atoms with Gasteiger partial charge < -0.3 is 14.4 Å². The van der Waals surface area contributed by atoms with E-state index in [2.05, 4.69) is 4.98 Å². The van der Waals surface area contributed by atoms with Crippen LogP contribution in [-0.4, -0.2) is 27.7 Å². The molecule has 2 aromatic rings. The number of imidazole rings is 1.